The predicted molar refractivity (Wildman–Crippen MR) is 90.5 cm³/mol. The Morgan fingerprint density at radius 3 is 2.36 bits per heavy atom. The zero-order valence-electron chi connectivity index (χ0n) is 14.9. The highest BCUT2D eigenvalue weighted by molar-refractivity contribution is 5.79. The Morgan fingerprint density at radius 1 is 0.818 bits per heavy atom. The molecule has 0 aromatic carbocycles. The summed E-state index contributed by atoms with van der Waals surface area (Å²) in [5, 5.41) is 0. The summed E-state index contributed by atoms with van der Waals surface area (Å²) in [4.78, 5) is 12.2. The van der Waals surface area contributed by atoms with Crippen LogP contribution < -0.4 is 0 Å². The second-order valence-corrected chi connectivity index (χ2v) is 9.69. The molecule has 0 bridgehead atoms. The third-order valence-electron chi connectivity index (χ3n) is 9.07. The van der Waals surface area contributed by atoms with Crippen LogP contribution in [0.1, 0.15) is 85.0 Å². The maximum atomic E-state index is 12.2. The van der Waals surface area contributed by atoms with Crippen molar-refractivity contribution in [3.63, 3.8) is 0 Å². The summed E-state index contributed by atoms with van der Waals surface area (Å²) >= 11 is 0. The molecule has 22 heavy (non-hydrogen) atoms. The second kappa shape index (κ2) is 5.08. The Hall–Kier alpha value is -0.330. The van der Waals surface area contributed by atoms with Gasteiger partial charge < -0.3 is 0 Å². The lowest BCUT2D eigenvalue weighted by Gasteiger charge is -2.60. The van der Waals surface area contributed by atoms with Crippen LogP contribution in [0.4, 0.5) is 0 Å². The zero-order valence-corrected chi connectivity index (χ0v) is 14.9. The van der Waals surface area contributed by atoms with Crippen LogP contribution in [0.3, 0.4) is 0 Å². The Labute approximate surface area is 136 Å². The summed E-state index contributed by atoms with van der Waals surface area (Å²) in [6, 6.07) is 0. The van der Waals surface area contributed by atoms with Gasteiger partial charge in [-0.15, -0.1) is 0 Å². The van der Waals surface area contributed by atoms with E-state index in [1.807, 2.05) is 6.92 Å². The lowest BCUT2D eigenvalue weighted by atomic mass is 9.45. The topological polar surface area (TPSA) is 17.1 Å². The number of carbonyl (C=O) groups excluding carboxylic acids is 1. The van der Waals surface area contributed by atoms with Crippen LogP contribution in [0.15, 0.2) is 0 Å². The molecule has 124 valence electrons. The van der Waals surface area contributed by atoms with E-state index in [-0.39, 0.29) is 0 Å². The van der Waals surface area contributed by atoms with Crippen LogP contribution >= 0.6 is 0 Å². The van der Waals surface area contributed by atoms with Crippen LogP contribution in [0, 0.1) is 40.4 Å². The van der Waals surface area contributed by atoms with E-state index < -0.39 is 0 Å². The first-order chi connectivity index (χ1) is 10.5. The van der Waals surface area contributed by atoms with E-state index in [4.69, 9.17) is 0 Å². The van der Waals surface area contributed by atoms with E-state index in [1.54, 1.807) is 0 Å². The predicted octanol–water partition coefficient (Wildman–Crippen LogP) is 5.62. The summed E-state index contributed by atoms with van der Waals surface area (Å²) in [7, 11) is 0. The highest BCUT2D eigenvalue weighted by Gasteiger charge is 2.60. The molecule has 7 atom stereocenters. The number of hydrogen-bond acceptors (Lipinski definition) is 1. The number of rotatable bonds is 1. The van der Waals surface area contributed by atoms with Crippen LogP contribution in [0.2, 0.25) is 0 Å². The van der Waals surface area contributed by atoms with E-state index in [9.17, 15) is 4.79 Å². The lowest BCUT2D eigenvalue weighted by molar-refractivity contribution is -0.133. The van der Waals surface area contributed by atoms with Crippen molar-refractivity contribution in [3.05, 3.63) is 0 Å². The molecule has 4 saturated carbocycles. The zero-order chi connectivity index (χ0) is 15.5. The smallest absolute Gasteiger partial charge is 0.133 e. The quantitative estimate of drug-likeness (QED) is 0.614. The molecule has 1 nitrogen and oxygen atoms in total. The van der Waals surface area contributed by atoms with Crippen molar-refractivity contribution in [1.82, 2.24) is 0 Å². The average molecular weight is 303 g/mol. The minimum atomic E-state index is 0.338. The molecule has 0 aliphatic heterocycles. The van der Waals surface area contributed by atoms with Crippen molar-refractivity contribution in [2.45, 2.75) is 85.0 Å². The molecule has 0 spiro atoms. The number of hydrogen-bond donors (Lipinski definition) is 0. The fourth-order valence-corrected chi connectivity index (χ4v) is 7.96. The lowest BCUT2D eigenvalue weighted by Crippen LogP contribution is -2.53. The van der Waals surface area contributed by atoms with Crippen molar-refractivity contribution in [2.75, 3.05) is 0 Å². The largest absolute Gasteiger partial charge is 0.300 e. The van der Waals surface area contributed by atoms with Crippen molar-refractivity contribution in [2.24, 2.45) is 40.4 Å². The fraction of sp³-hybridized carbons (Fsp3) is 0.952. The van der Waals surface area contributed by atoms with Gasteiger partial charge in [0.1, 0.15) is 5.78 Å². The van der Waals surface area contributed by atoms with Gasteiger partial charge in [0.25, 0.3) is 0 Å². The second-order valence-electron chi connectivity index (χ2n) is 9.69. The minimum Gasteiger partial charge on any atom is -0.300 e. The maximum absolute atomic E-state index is 12.2. The molecule has 4 rings (SSSR count). The van der Waals surface area contributed by atoms with Gasteiger partial charge in [-0.1, -0.05) is 26.7 Å². The van der Waals surface area contributed by atoms with Gasteiger partial charge in [-0.05, 0) is 92.8 Å². The molecule has 0 aromatic rings. The molecular weight excluding hydrogens is 268 g/mol. The van der Waals surface area contributed by atoms with Crippen LogP contribution in [0.5, 0.6) is 0 Å². The van der Waals surface area contributed by atoms with Crippen LogP contribution in [-0.4, -0.2) is 5.78 Å². The normalized spacial score (nSPS) is 54.2. The molecule has 4 fully saturated rings. The van der Waals surface area contributed by atoms with E-state index in [2.05, 4.69) is 13.8 Å². The maximum Gasteiger partial charge on any atom is 0.133 e. The standard InChI is InChI=1S/C21H34O/c1-14(22)17-9-10-18-16-8-7-15-6-4-5-12-20(15,2)19(16)11-13-21(17,18)3/h15-19H,4-13H2,1-3H3/t15?,16?,17?,18?,19?,20-,21+/m0/s1. The summed E-state index contributed by atoms with van der Waals surface area (Å²) in [6.45, 7) is 6.97. The molecule has 4 aliphatic rings. The third-order valence-corrected chi connectivity index (χ3v) is 9.07. The Bertz CT molecular complexity index is 469. The molecule has 0 aromatic heterocycles. The summed E-state index contributed by atoms with van der Waals surface area (Å²) in [5.41, 5.74) is 0.974. The molecular formula is C21H34O. The summed E-state index contributed by atoms with van der Waals surface area (Å²) < 4.78 is 0. The molecule has 0 saturated heterocycles. The third kappa shape index (κ3) is 1.93. The first kappa shape index (κ1) is 15.2. The number of fused-ring (bicyclic) bond motifs is 5. The van der Waals surface area contributed by atoms with Gasteiger partial charge in [-0.3, -0.25) is 4.79 Å². The number of ketones is 1. The minimum absolute atomic E-state index is 0.338. The highest BCUT2D eigenvalue weighted by Crippen LogP contribution is 2.67. The van der Waals surface area contributed by atoms with Crippen LogP contribution in [0.25, 0.3) is 0 Å². The Balaban J connectivity index is 1.63. The van der Waals surface area contributed by atoms with Gasteiger partial charge in [-0.2, -0.15) is 0 Å². The van der Waals surface area contributed by atoms with Gasteiger partial charge in [-0.25, -0.2) is 0 Å². The molecule has 0 heterocycles. The SMILES string of the molecule is CC(=O)C1CCC2C3CCC4CCCC[C@]4(C)C3CC[C@]12C. The van der Waals surface area contributed by atoms with Crippen molar-refractivity contribution in [3.8, 4) is 0 Å². The van der Waals surface area contributed by atoms with Crippen molar-refractivity contribution in [1.29, 1.82) is 0 Å². The fourth-order valence-electron chi connectivity index (χ4n) is 7.96. The van der Waals surface area contributed by atoms with Gasteiger partial charge in [0.15, 0.2) is 0 Å². The number of carbonyl (C=O) groups is 1. The Morgan fingerprint density at radius 2 is 1.59 bits per heavy atom. The van der Waals surface area contributed by atoms with E-state index >= 15 is 0 Å². The number of Topliss-reactive ketones (excluding diaryl/α,β-unsaturated/α-hetero) is 1. The monoisotopic (exact) mass is 302 g/mol. The molecule has 1 heteroatoms. The Kier molecular flexibility index (Phi) is 3.51. The van der Waals surface area contributed by atoms with Gasteiger partial charge in [0.05, 0.1) is 0 Å². The van der Waals surface area contributed by atoms with Gasteiger partial charge >= 0.3 is 0 Å². The summed E-state index contributed by atoms with van der Waals surface area (Å²) in [6.07, 6.45) is 14.1. The highest BCUT2D eigenvalue weighted by atomic mass is 16.1. The van der Waals surface area contributed by atoms with Crippen LogP contribution in [-0.2, 0) is 4.79 Å². The molecule has 0 N–H and O–H groups in total. The molecule has 0 amide bonds. The average Bonchev–Trinajstić information content (AvgIpc) is 2.84. The van der Waals surface area contributed by atoms with Crippen molar-refractivity contribution < 1.29 is 4.79 Å². The van der Waals surface area contributed by atoms with E-state index in [1.165, 1.54) is 64.2 Å². The first-order valence-electron chi connectivity index (χ1n) is 9.97. The van der Waals surface area contributed by atoms with E-state index in [0.717, 1.165) is 23.7 Å². The van der Waals surface area contributed by atoms with Gasteiger partial charge in [0, 0.05) is 5.92 Å². The molecule has 5 unspecified atom stereocenters. The molecule has 0 radical (unpaired) electrons. The van der Waals surface area contributed by atoms with E-state index in [0.29, 0.717) is 22.5 Å². The first-order valence-corrected chi connectivity index (χ1v) is 9.97. The van der Waals surface area contributed by atoms with Gasteiger partial charge in [0.2, 0.25) is 0 Å². The summed E-state index contributed by atoms with van der Waals surface area (Å²) in [5.74, 6) is 4.60. The molecule has 4 aliphatic carbocycles. The van der Waals surface area contributed by atoms with Crippen molar-refractivity contribution >= 4 is 5.78 Å².